The van der Waals surface area contributed by atoms with Gasteiger partial charge in [-0.15, -0.1) is 0 Å². The summed E-state index contributed by atoms with van der Waals surface area (Å²) in [6.07, 6.45) is 4.64. The average molecular weight is 364 g/mol. The molecule has 0 bridgehead atoms. The minimum absolute atomic E-state index is 0.00862. The molecule has 4 nitrogen and oxygen atoms in total. The zero-order valence-electron chi connectivity index (χ0n) is 16.2. The van der Waals surface area contributed by atoms with Crippen LogP contribution in [-0.2, 0) is 22.4 Å². The number of nitrogens with zero attached hydrogens (tertiary/aromatic N) is 1. The summed E-state index contributed by atoms with van der Waals surface area (Å²) in [5.41, 5.74) is 4.18. The Hall–Kier alpha value is -2.62. The van der Waals surface area contributed by atoms with Gasteiger partial charge in [-0.05, 0) is 54.7 Å². The molecule has 1 aliphatic heterocycles. The molecule has 1 aliphatic rings. The standard InChI is InChI=1S/C23H28N2O2/c1-3-5-6-18-7-11-20(12-8-18)24-23(27)19-15-22(26)25(16-19)21-13-9-17(4-2)10-14-21/h7-14,19H,3-6,15-16H2,1-2H3,(H,24,27)/t19-/m0/s1. The molecule has 1 fully saturated rings. The van der Waals surface area contributed by atoms with Crippen molar-refractivity contribution in [1.29, 1.82) is 0 Å². The molecule has 1 saturated heterocycles. The Morgan fingerprint density at radius 1 is 1.04 bits per heavy atom. The lowest BCUT2D eigenvalue weighted by Crippen LogP contribution is -2.28. The van der Waals surface area contributed by atoms with Gasteiger partial charge in [0.15, 0.2) is 0 Å². The molecule has 2 aromatic carbocycles. The number of hydrogen-bond donors (Lipinski definition) is 1. The maximum atomic E-state index is 12.6. The fourth-order valence-corrected chi connectivity index (χ4v) is 3.42. The van der Waals surface area contributed by atoms with Gasteiger partial charge in [-0.3, -0.25) is 9.59 Å². The second-order valence-electron chi connectivity index (χ2n) is 7.22. The van der Waals surface area contributed by atoms with Crippen molar-refractivity contribution in [1.82, 2.24) is 0 Å². The Labute approximate surface area is 161 Å². The van der Waals surface area contributed by atoms with E-state index in [0.717, 1.165) is 24.2 Å². The molecule has 27 heavy (non-hydrogen) atoms. The molecule has 0 spiro atoms. The lowest BCUT2D eigenvalue weighted by molar-refractivity contribution is -0.122. The van der Waals surface area contributed by atoms with Crippen molar-refractivity contribution in [3.05, 3.63) is 59.7 Å². The van der Waals surface area contributed by atoms with Gasteiger partial charge in [0.25, 0.3) is 0 Å². The van der Waals surface area contributed by atoms with Crippen LogP contribution in [0.25, 0.3) is 0 Å². The predicted octanol–water partition coefficient (Wildman–Crippen LogP) is 4.58. The number of amides is 2. The SMILES string of the molecule is CCCCc1ccc(NC(=O)[C@H]2CC(=O)N(c3ccc(CC)cc3)C2)cc1. The van der Waals surface area contributed by atoms with Crippen LogP contribution in [-0.4, -0.2) is 18.4 Å². The molecule has 2 aromatic rings. The summed E-state index contributed by atoms with van der Waals surface area (Å²) in [7, 11) is 0. The number of carbonyl (C=O) groups excluding carboxylic acids is 2. The quantitative estimate of drug-likeness (QED) is 0.781. The molecule has 0 aliphatic carbocycles. The van der Waals surface area contributed by atoms with Gasteiger partial charge in [0.2, 0.25) is 11.8 Å². The Morgan fingerprint density at radius 3 is 2.33 bits per heavy atom. The highest BCUT2D eigenvalue weighted by Gasteiger charge is 2.35. The summed E-state index contributed by atoms with van der Waals surface area (Å²) in [6.45, 7) is 4.72. The van der Waals surface area contributed by atoms with Gasteiger partial charge < -0.3 is 10.2 Å². The second kappa shape index (κ2) is 8.85. The molecule has 4 heteroatoms. The van der Waals surface area contributed by atoms with E-state index < -0.39 is 0 Å². The number of rotatable bonds is 7. The van der Waals surface area contributed by atoms with E-state index >= 15 is 0 Å². The van der Waals surface area contributed by atoms with Gasteiger partial charge in [-0.25, -0.2) is 0 Å². The molecular formula is C23H28N2O2. The van der Waals surface area contributed by atoms with Crippen LogP contribution in [0.1, 0.15) is 44.2 Å². The van der Waals surface area contributed by atoms with Crippen molar-refractivity contribution in [2.45, 2.75) is 46.0 Å². The third kappa shape index (κ3) is 4.76. The lowest BCUT2D eigenvalue weighted by atomic mass is 10.1. The fraction of sp³-hybridized carbons (Fsp3) is 0.391. The van der Waals surface area contributed by atoms with E-state index in [2.05, 4.69) is 31.3 Å². The van der Waals surface area contributed by atoms with Crippen LogP contribution in [0.3, 0.4) is 0 Å². The molecule has 2 amide bonds. The molecule has 1 atom stereocenters. The van der Waals surface area contributed by atoms with Crippen molar-refractivity contribution in [3.63, 3.8) is 0 Å². The van der Waals surface area contributed by atoms with Crippen LogP contribution in [0, 0.1) is 5.92 Å². The highest BCUT2D eigenvalue weighted by molar-refractivity contribution is 6.03. The van der Waals surface area contributed by atoms with Gasteiger partial charge in [0.1, 0.15) is 0 Å². The van der Waals surface area contributed by atoms with Crippen molar-refractivity contribution in [2.75, 3.05) is 16.8 Å². The monoisotopic (exact) mass is 364 g/mol. The summed E-state index contributed by atoms with van der Waals surface area (Å²) in [5, 5.41) is 2.96. The Kier molecular flexibility index (Phi) is 6.28. The molecule has 142 valence electrons. The zero-order chi connectivity index (χ0) is 19.2. The highest BCUT2D eigenvalue weighted by Crippen LogP contribution is 2.26. The molecule has 0 radical (unpaired) electrons. The predicted molar refractivity (Wildman–Crippen MR) is 110 cm³/mol. The van der Waals surface area contributed by atoms with E-state index in [0.29, 0.717) is 6.54 Å². The molecule has 1 heterocycles. The van der Waals surface area contributed by atoms with Gasteiger partial charge in [0.05, 0.1) is 5.92 Å². The molecule has 0 unspecified atom stereocenters. The normalized spacial score (nSPS) is 16.6. The van der Waals surface area contributed by atoms with E-state index in [1.807, 2.05) is 36.4 Å². The second-order valence-corrected chi connectivity index (χ2v) is 7.22. The van der Waals surface area contributed by atoms with Crippen molar-refractivity contribution in [3.8, 4) is 0 Å². The van der Waals surface area contributed by atoms with Crippen LogP contribution in [0.2, 0.25) is 0 Å². The summed E-state index contributed by atoms with van der Waals surface area (Å²) in [6, 6.07) is 16.0. The molecule has 0 aromatic heterocycles. The van der Waals surface area contributed by atoms with Gasteiger partial charge in [-0.1, -0.05) is 44.5 Å². The number of aryl methyl sites for hydroxylation is 2. The Balaban J connectivity index is 1.59. The largest absolute Gasteiger partial charge is 0.326 e. The maximum absolute atomic E-state index is 12.6. The minimum Gasteiger partial charge on any atom is -0.326 e. The number of benzene rings is 2. The van der Waals surface area contributed by atoms with Crippen molar-refractivity contribution < 1.29 is 9.59 Å². The first-order chi connectivity index (χ1) is 13.1. The molecule has 0 saturated carbocycles. The third-order valence-corrected chi connectivity index (χ3v) is 5.19. The van der Waals surface area contributed by atoms with E-state index in [4.69, 9.17) is 0 Å². The molecule has 1 N–H and O–H groups in total. The van der Waals surface area contributed by atoms with Gasteiger partial charge in [-0.2, -0.15) is 0 Å². The number of carbonyl (C=O) groups is 2. The Morgan fingerprint density at radius 2 is 1.70 bits per heavy atom. The van der Waals surface area contributed by atoms with Gasteiger partial charge in [0, 0.05) is 24.3 Å². The lowest BCUT2D eigenvalue weighted by Gasteiger charge is -2.17. The third-order valence-electron chi connectivity index (χ3n) is 5.19. The van der Waals surface area contributed by atoms with Crippen molar-refractivity contribution >= 4 is 23.2 Å². The van der Waals surface area contributed by atoms with Crippen LogP contribution in [0.5, 0.6) is 0 Å². The number of nitrogens with one attached hydrogen (secondary N) is 1. The molecular weight excluding hydrogens is 336 g/mol. The average Bonchev–Trinajstić information content (AvgIpc) is 3.09. The highest BCUT2D eigenvalue weighted by atomic mass is 16.2. The fourth-order valence-electron chi connectivity index (χ4n) is 3.42. The minimum atomic E-state index is -0.317. The first-order valence-electron chi connectivity index (χ1n) is 9.89. The first kappa shape index (κ1) is 19.2. The zero-order valence-corrected chi connectivity index (χ0v) is 16.2. The van der Waals surface area contributed by atoms with Gasteiger partial charge >= 0.3 is 0 Å². The Bertz CT molecular complexity index is 781. The van der Waals surface area contributed by atoms with E-state index in [1.165, 1.54) is 24.0 Å². The van der Waals surface area contributed by atoms with Crippen LogP contribution >= 0.6 is 0 Å². The number of hydrogen-bond acceptors (Lipinski definition) is 2. The number of unbranched alkanes of at least 4 members (excludes halogenated alkanes) is 1. The summed E-state index contributed by atoms with van der Waals surface area (Å²) in [5.74, 6) is -0.394. The van der Waals surface area contributed by atoms with E-state index in [9.17, 15) is 9.59 Å². The maximum Gasteiger partial charge on any atom is 0.229 e. The van der Waals surface area contributed by atoms with E-state index in [-0.39, 0.29) is 24.2 Å². The summed E-state index contributed by atoms with van der Waals surface area (Å²) >= 11 is 0. The summed E-state index contributed by atoms with van der Waals surface area (Å²) in [4.78, 5) is 26.7. The molecule has 3 rings (SSSR count). The smallest absolute Gasteiger partial charge is 0.229 e. The number of anilines is 2. The summed E-state index contributed by atoms with van der Waals surface area (Å²) < 4.78 is 0. The van der Waals surface area contributed by atoms with E-state index in [1.54, 1.807) is 4.90 Å². The first-order valence-corrected chi connectivity index (χ1v) is 9.89. The van der Waals surface area contributed by atoms with Crippen LogP contribution in [0.15, 0.2) is 48.5 Å². The van der Waals surface area contributed by atoms with Crippen molar-refractivity contribution in [2.24, 2.45) is 5.92 Å². The van der Waals surface area contributed by atoms with Crippen LogP contribution < -0.4 is 10.2 Å². The van der Waals surface area contributed by atoms with Crippen LogP contribution in [0.4, 0.5) is 11.4 Å². The topological polar surface area (TPSA) is 49.4 Å².